The maximum atomic E-state index is 6.00. The zero-order valence-electron chi connectivity index (χ0n) is 8.47. The van der Waals surface area contributed by atoms with Gasteiger partial charge in [0.2, 0.25) is 0 Å². The molecule has 1 fully saturated rings. The Morgan fingerprint density at radius 2 is 1.87 bits per heavy atom. The molecule has 0 atom stereocenters. The topological polar surface area (TPSA) is 21.3 Å². The van der Waals surface area contributed by atoms with E-state index < -0.39 is 0 Å². The quantitative estimate of drug-likeness (QED) is 0.884. The van der Waals surface area contributed by atoms with Gasteiger partial charge in [-0.2, -0.15) is 0 Å². The summed E-state index contributed by atoms with van der Waals surface area (Å²) in [6, 6.07) is 5.96. The van der Waals surface area contributed by atoms with E-state index in [1.54, 1.807) is 12.1 Å². The first-order valence-corrected chi connectivity index (χ1v) is 5.74. The van der Waals surface area contributed by atoms with Crippen LogP contribution in [0.1, 0.15) is 12.8 Å². The lowest BCUT2D eigenvalue weighted by atomic mass is 9.89. The molecule has 1 saturated carbocycles. The standard InChI is InChI=1S/C11H13Cl2NO/c1-14-7-5-8(6-7)15-11-9(12)3-2-4-10(11)13/h2-4,7-8,14H,5-6H2,1H3. The van der Waals surface area contributed by atoms with Crippen LogP contribution >= 0.6 is 23.2 Å². The number of rotatable bonds is 3. The highest BCUT2D eigenvalue weighted by molar-refractivity contribution is 6.37. The van der Waals surface area contributed by atoms with Crippen LogP contribution in [0.3, 0.4) is 0 Å². The number of nitrogens with one attached hydrogen (secondary N) is 1. The third-order valence-electron chi connectivity index (χ3n) is 2.71. The van der Waals surface area contributed by atoms with E-state index in [9.17, 15) is 0 Å². The van der Waals surface area contributed by atoms with Gasteiger partial charge >= 0.3 is 0 Å². The first-order chi connectivity index (χ1) is 7.20. The molecule has 4 heteroatoms. The van der Waals surface area contributed by atoms with Gasteiger partial charge in [0.15, 0.2) is 5.75 Å². The molecule has 1 aliphatic rings. The van der Waals surface area contributed by atoms with Crippen molar-refractivity contribution in [2.75, 3.05) is 7.05 Å². The summed E-state index contributed by atoms with van der Waals surface area (Å²) in [7, 11) is 1.96. The van der Waals surface area contributed by atoms with E-state index in [4.69, 9.17) is 27.9 Å². The van der Waals surface area contributed by atoms with E-state index in [0.717, 1.165) is 12.8 Å². The molecule has 0 aliphatic heterocycles. The minimum atomic E-state index is 0.236. The smallest absolute Gasteiger partial charge is 0.156 e. The van der Waals surface area contributed by atoms with Gasteiger partial charge in [0.05, 0.1) is 10.0 Å². The molecule has 1 aromatic rings. The van der Waals surface area contributed by atoms with E-state index in [1.807, 2.05) is 13.1 Å². The molecule has 0 amide bonds. The van der Waals surface area contributed by atoms with Gasteiger partial charge in [-0.05, 0) is 32.0 Å². The number of halogens is 2. The Morgan fingerprint density at radius 1 is 1.27 bits per heavy atom. The van der Waals surface area contributed by atoms with Crippen molar-refractivity contribution in [3.05, 3.63) is 28.2 Å². The summed E-state index contributed by atoms with van der Waals surface area (Å²) in [5, 5.41) is 4.36. The average molecular weight is 246 g/mol. The fourth-order valence-corrected chi connectivity index (χ4v) is 2.15. The second kappa shape index (κ2) is 4.60. The van der Waals surface area contributed by atoms with E-state index in [0.29, 0.717) is 21.8 Å². The maximum absolute atomic E-state index is 6.00. The van der Waals surface area contributed by atoms with Crippen LogP contribution < -0.4 is 10.1 Å². The minimum absolute atomic E-state index is 0.236. The van der Waals surface area contributed by atoms with Gasteiger partial charge in [-0.3, -0.25) is 0 Å². The largest absolute Gasteiger partial charge is 0.487 e. The molecule has 2 nitrogen and oxygen atoms in total. The van der Waals surface area contributed by atoms with Gasteiger partial charge < -0.3 is 10.1 Å². The van der Waals surface area contributed by atoms with Gasteiger partial charge in [-0.1, -0.05) is 29.3 Å². The second-order valence-electron chi connectivity index (χ2n) is 3.75. The Hall–Kier alpha value is -0.440. The van der Waals surface area contributed by atoms with Crippen molar-refractivity contribution in [3.8, 4) is 5.75 Å². The molecule has 1 N–H and O–H groups in total. The number of ether oxygens (including phenoxy) is 1. The van der Waals surface area contributed by atoms with Crippen molar-refractivity contribution in [2.24, 2.45) is 0 Å². The van der Waals surface area contributed by atoms with Gasteiger partial charge in [0.25, 0.3) is 0 Å². The molecule has 2 rings (SSSR count). The summed E-state index contributed by atoms with van der Waals surface area (Å²) >= 11 is 12.0. The summed E-state index contributed by atoms with van der Waals surface area (Å²) in [4.78, 5) is 0. The maximum Gasteiger partial charge on any atom is 0.156 e. The van der Waals surface area contributed by atoms with E-state index in [2.05, 4.69) is 5.32 Å². The highest BCUT2D eigenvalue weighted by Crippen LogP contribution is 2.36. The van der Waals surface area contributed by atoms with Crippen molar-refractivity contribution < 1.29 is 4.74 Å². The number of benzene rings is 1. The first kappa shape index (κ1) is 11.1. The van der Waals surface area contributed by atoms with Crippen LogP contribution in [0.25, 0.3) is 0 Å². The van der Waals surface area contributed by atoms with Crippen molar-refractivity contribution in [1.82, 2.24) is 5.32 Å². The summed E-state index contributed by atoms with van der Waals surface area (Å²) in [5.41, 5.74) is 0. The second-order valence-corrected chi connectivity index (χ2v) is 4.56. The Morgan fingerprint density at radius 3 is 2.40 bits per heavy atom. The minimum Gasteiger partial charge on any atom is -0.487 e. The van der Waals surface area contributed by atoms with Crippen LogP contribution in [0.4, 0.5) is 0 Å². The van der Waals surface area contributed by atoms with Crippen molar-refractivity contribution in [2.45, 2.75) is 25.0 Å². The molecule has 0 saturated heterocycles. The van der Waals surface area contributed by atoms with Crippen LogP contribution in [-0.4, -0.2) is 19.2 Å². The molecule has 0 unspecified atom stereocenters. The number of hydrogen-bond acceptors (Lipinski definition) is 2. The predicted octanol–water partition coefficient (Wildman–Crippen LogP) is 3.12. The normalized spacial score (nSPS) is 24.7. The summed E-state index contributed by atoms with van der Waals surface area (Å²) < 4.78 is 5.74. The van der Waals surface area contributed by atoms with E-state index in [-0.39, 0.29) is 6.10 Å². The van der Waals surface area contributed by atoms with Crippen LogP contribution in [0.15, 0.2) is 18.2 Å². The molecule has 0 spiro atoms. The van der Waals surface area contributed by atoms with Crippen molar-refractivity contribution in [3.63, 3.8) is 0 Å². The first-order valence-electron chi connectivity index (χ1n) is 4.98. The Balaban J connectivity index is 2.00. The molecular weight excluding hydrogens is 233 g/mol. The van der Waals surface area contributed by atoms with Crippen molar-refractivity contribution in [1.29, 1.82) is 0 Å². The highest BCUT2D eigenvalue weighted by Gasteiger charge is 2.30. The number of hydrogen-bond donors (Lipinski definition) is 1. The lowest BCUT2D eigenvalue weighted by Crippen LogP contribution is -2.45. The molecule has 1 aliphatic carbocycles. The molecule has 0 heterocycles. The predicted molar refractivity (Wildman–Crippen MR) is 63.0 cm³/mol. The van der Waals surface area contributed by atoms with Crippen LogP contribution in [0, 0.1) is 0 Å². The van der Waals surface area contributed by atoms with Crippen LogP contribution in [0.2, 0.25) is 10.0 Å². The average Bonchev–Trinajstić information content (AvgIpc) is 2.14. The molecule has 0 radical (unpaired) electrons. The fraction of sp³-hybridized carbons (Fsp3) is 0.455. The third kappa shape index (κ3) is 2.39. The lowest BCUT2D eigenvalue weighted by molar-refractivity contribution is 0.0887. The SMILES string of the molecule is CNC1CC(Oc2c(Cl)cccc2Cl)C1. The molecular formula is C11H13Cl2NO. The third-order valence-corrected chi connectivity index (χ3v) is 3.30. The summed E-state index contributed by atoms with van der Waals surface area (Å²) in [6.45, 7) is 0. The van der Waals surface area contributed by atoms with Crippen molar-refractivity contribution >= 4 is 23.2 Å². The molecule has 82 valence electrons. The zero-order chi connectivity index (χ0) is 10.8. The monoisotopic (exact) mass is 245 g/mol. The van der Waals surface area contributed by atoms with E-state index in [1.165, 1.54) is 0 Å². The Bertz CT molecular complexity index is 330. The summed E-state index contributed by atoms with van der Waals surface area (Å²) in [5.74, 6) is 0.611. The van der Waals surface area contributed by atoms with Gasteiger partial charge in [0, 0.05) is 6.04 Å². The Kier molecular flexibility index (Phi) is 3.39. The Labute approximate surface area is 99.5 Å². The fourth-order valence-electron chi connectivity index (χ4n) is 1.66. The van der Waals surface area contributed by atoms with Crippen LogP contribution in [0.5, 0.6) is 5.75 Å². The van der Waals surface area contributed by atoms with E-state index >= 15 is 0 Å². The van der Waals surface area contributed by atoms with Crippen LogP contribution in [-0.2, 0) is 0 Å². The van der Waals surface area contributed by atoms with Gasteiger partial charge in [-0.15, -0.1) is 0 Å². The number of para-hydroxylation sites is 1. The lowest BCUT2D eigenvalue weighted by Gasteiger charge is -2.35. The zero-order valence-corrected chi connectivity index (χ0v) is 9.98. The molecule has 0 bridgehead atoms. The summed E-state index contributed by atoms with van der Waals surface area (Å²) in [6.07, 6.45) is 2.26. The molecule has 1 aromatic carbocycles. The molecule has 15 heavy (non-hydrogen) atoms. The molecule has 0 aromatic heterocycles. The van der Waals surface area contributed by atoms with Gasteiger partial charge in [-0.25, -0.2) is 0 Å². The highest BCUT2D eigenvalue weighted by atomic mass is 35.5. The van der Waals surface area contributed by atoms with Gasteiger partial charge in [0.1, 0.15) is 6.10 Å².